The van der Waals surface area contributed by atoms with E-state index in [1.807, 2.05) is 0 Å². The molecule has 0 aromatic heterocycles. The number of hydrogen-bond acceptors (Lipinski definition) is 3. The van der Waals surface area contributed by atoms with E-state index in [0.717, 1.165) is 23.8 Å². The van der Waals surface area contributed by atoms with Crippen LogP contribution in [0.2, 0.25) is 0 Å². The molecular formula is C15H13F3O3S. The summed E-state index contributed by atoms with van der Waals surface area (Å²) in [5.74, 6) is -0.740. The summed E-state index contributed by atoms with van der Waals surface area (Å²) >= 11 is 0. The van der Waals surface area contributed by atoms with Gasteiger partial charge in [-0.3, -0.25) is 4.18 Å². The van der Waals surface area contributed by atoms with Crippen LogP contribution in [0.25, 0.3) is 0 Å². The van der Waals surface area contributed by atoms with E-state index in [4.69, 9.17) is 4.18 Å². The van der Waals surface area contributed by atoms with Gasteiger partial charge in [-0.05, 0) is 36.8 Å². The van der Waals surface area contributed by atoms with Crippen LogP contribution in [0.4, 0.5) is 13.2 Å². The zero-order chi connectivity index (χ0) is 16.3. The molecular weight excluding hydrogens is 317 g/mol. The minimum Gasteiger partial charge on any atom is -0.262 e. The minimum absolute atomic E-state index is 0.0897. The zero-order valence-corrected chi connectivity index (χ0v) is 12.4. The molecule has 3 nitrogen and oxygen atoms in total. The summed E-state index contributed by atoms with van der Waals surface area (Å²) in [6, 6.07) is 8.52. The molecule has 0 radical (unpaired) electrons. The molecule has 2 aromatic carbocycles. The first-order valence-electron chi connectivity index (χ1n) is 6.32. The van der Waals surface area contributed by atoms with Crippen LogP contribution < -0.4 is 0 Å². The molecule has 0 aliphatic rings. The Bertz CT molecular complexity index is 756. The standard InChI is InChI=1S/C15H13F3O3S/c1-10-2-5-13(6-3-10)22(19,20)21-9-11-8-12(16)4-7-14(11)15(17)18/h2-8,15H,9H2,1H3. The van der Waals surface area contributed by atoms with E-state index in [1.54, 1.807) is 19.1 Å². The van der Waals surface area contributed by atoms with E-state index in [0.29, 0.717) is 0 Å². The third kappa shape index (κ3) is 3.86. The van der Waals surface area contributed by atoms with Crippen LogP contribution in [0, 0.1) is 12.7 Å². The van der Waals surface area contributed by atoms with Crippen LogP contribution in [0.15, 0.2) is 47.4 Å². The van der Waals surface area contributed by atoms with Gasteiger partial charge in [-0.25, -0.2) is 13.2 Å². The second kappa shape index (κ2) is 6.50. The number of aryl methyl sites for hydroxylation is 1. The molecule has 0 spiro atoms. The summed E-state index contributed by atoms with van der Waals surface area (Å²) in [5.41, 5.74) is 0.204. The van der Waals surface area contributed by atoms with Crippen molar-refractivity contribution in [3.63, 3.8) is 0 Å². The lowest BCUT2D eigenvalue weighted by molar-refractivity contribution is 0.148. The van der Waals surface area contributed by atoms with Crippen LogP contribution >= 0.6 is 0 Å². The predicted octanol–water partition coefficient (Wildman–Crippen LogP) is 3.98. The molecule has 0 heterocycles. The molecule has 0 saturated heterocycles. The average Bonchev–Trinajstić information content (AvgIpc) is 2.45. The van der Waals surface area contributed by atoms with Crippen molar-refractivity contribution in [2.24, 2.45) is 0 Å². The number of rotatable bonds is 5. The summed E-state index contributed by atoms with van der Waals surface area (Å²) in [5, 5.41) is 0. The van der Waals surface area contributed by atoms with E-state index >= 15 is 0 Å². The maximum absolute atomic E-state index is 13.1. The van der Waals surface area contributed by atoms with Gasteiger partial charge in [-0.2, -0.15) is 8.42 Å². The fraction of sp³-hybridized carbons (Fsp3) is 0.200. The van der Waals surface area contributed by atoms with Crippen molar-refractivity contribution in [3.05, 3.63) is 65.0 Å². The Morgan fingerprint density at radius 1 is 1.09 bits per heavy atom. The predicted molar refractivity (Wildman–Crippen MR) is 74.5 cm³/mol. The van der Waals surface area contributed by atoms with Gasteiger partial charge in [0.15, 0.2) is 0 Å². The number of benzene rings is 2. The molecule has 0 saturated carbocycles. The van der Waals surface area contributed by atoms with Gasteiger partial charge in [0.1, 0.15) is 5.82 Å². The number of alkyl halides is 2. The highest BCUT2D eigenvalue weighted by atomic mass is 32.2. The normalized spacial score (nSPS) is 11.9. The van der Waals surface area contributed by atoms with Crippen molar-refractivity contribution in [2.45, 2.75) is 24.9 Å². The smallest absolute Gasteiger partial charge is 0.262 e. The Labute approximate surface area is 126 Å². The molecule has 0 atom stereocenters. The molecule has 0 N–H and O–H groups in total. The highest BCUT2D eigenvalue weighted by Crippen LogP contribution is 2.25. The lowest BCUT2D eigenvalue weighted by atomic mass is 10.1. The van der Waals surface area contributed by atoms with Crippen molar-refractivity contribution < 1.29 is 25.8 Å². The van der Waals surface area contributed by atoms with Gasteiger partial charge in [0, 0.05) is 5.56 Å². The van der Waals surface area contributed by atoms with Crippen LogP contribution in [0.1, 0.15) is 23.1 Å². The van der Waals surface area contributed by atoms with E-state index in [1.165, 1.54) is 12.1 Å². The quantitative estimate of drug-likeness (QED) is 0.779. The molecule has 0 amide bonds. The van der Waals surface area contributed by atoms with Crippen molar-refractivity contribution in [1.29, 1.82) is 0 Å². The fourth-order valence-corrected chi connectivity index (χ4v) is 2.71. The van der Waals surface area contributed by atoms with Crippen molar-refractivity contribution in [2.75, 3.05) is 0 Å². The van der Waals surface area contributed by atoms with Gasteiger partial charge in [-0.1, -0.05) is 23.8 Å². The number of halogens is 3. The van der Waals surface area contributed by atoms with Crippen molar-refractivity contribution in [1.82, 2.24) is 0 Å². The topological polar surface area (TPSA) is 43.4 Å². The van der Waals surface area contributed by atoms with Gasteiger partial charge < -0.3 is 0 Å². The monoisotopic (exact) mass is 330 g/mol. The SMILES string of the molecule is Cc1ccc(S(=O)(=O)OCc2cc(F)ccc2C(F)F)cc1. The molecule has 0 aliphatic carbocycles. The zero-order valence-electron chi connectivity index (χ0n) is 11.6. The largest absolute Gasteiger partial charge is 0.297 e. The van der Waals surface area contributed by atoms with Gasteiger partial charge in [0.2, 0.25) is 0 Å². The summed E-state index contributed by atoms with van der Waals surface area (Å²) in [7, 11) is -4.10. The third-order valence-electron chi connectivity index (χ3n) is 3.02. The first-order valence-corrected chi connectivity index (χ1v) is 7.73. The molecule has 0 unspecified atom stereocenters. The Morgan fingerprint density at radius 3 is 2.32 bits per heavy atom. The van der Waals surface area contributed by atoms with Gasteiger partial charge in [0.25, 0.3) is 16.5 Å². The lowest BCUT2D eigenvalue weighted by Gasteiger charge is -2.10. The minimum atomic E-state index is -4.10. The van der Waals surface area contributed by atoms with E-state index < -0.39 is 34.5 Å². The summed E-state index contributed by atoms with van der Waals surface area (Å²) in [6.45, 7) is 1.13. The Kier molecular flexibility index (Phi) is 4.87. The fourth-order valence-electron chi connectivity index (χ4n) is 1.83. The number of hydrogen-bond donors (Lipinski definition) is 0. The van der Waals surface area contributed by atoms with Crippen LogP contribution in [0.5, 0.6) is 0 Å². The van der Waals surface area contributed by atoms with E-state index in [2.05, 4.69) is 0 Å². The Morgan fingerprint density at radius 2 is 1.73 bits per heavy atom. The molecule has 2 rings (SSSR count). The van der Waals surface area contributed by atoms with E-state index in [-0.39, 0.29) is 10.5 Å². The Balaban J connectivity index is 2.22. The average molecular weight is 330 g/mol. The lowest BCUT2D eigenvalue weighted by Crippen LogP contribution is -2.08. The maximum atomic E-state index is 13.1. The first kappa shape index (κ1) is 16.5. The van der Waals surface area contributed by atoms with Gasteiger partial charge in [-0.15, -0.1) is 0 Å². The molecule has 118 valence electrons. The van der Waals surface area contributed by atoms with Crippen LogP contribution in [0.3, 0.4) is 0 Å². The Hall–Kier alpha value is -1.86. The highest BCUT2D eigenvalue weighted by molar-refractivity contribution is 7.86. The van der Waals surface area contributed by atoms with Crippen LogP contribution in [-0.4, -0.2) is 8.42 Å². The maximum Gasteiger partial charge on any atom is 0.297 e. The van der Waals surface area contributed by atoms with Gasteiger partial charge in [0.05, 0.1) is 11.5 Å². The summed E-state index contributed by atoms with van der Waals surface area (Å²) < 4.78 is 67.5. The van der Waals surface area contributed by atoms with Crippen molar-refractivity contribution in [3.8, 4) is 0 Å². The first-order chi connectivity index (χ1) is 10.3. The molecule has 22 heavy (non-hydrogen) atoms. The molecule has 7 heteroatoms. The molecule has 0 aliphatic heterocycles. The second-order valence-corrected chi connectivity index (χ2v) is 6.29. The van der Waals surface area contributed by atoms with Crippen molar-refractivity contribution >= 4 is 10.1 Å². The van der Waals surface area contributed by atoms with E-state index in [9.17, 15) is 21.6 Å². The molecule has 0 fully saturated rings. The summed E-state index contributed by atoms with van der Waals surface area (Å²) in [4.78, 5) is -0.0897. The second-order valence-electron chi connectivity index (χ2n) is 4.67. The van der Waals surface area contributed by atoms with Crippen LogP contribution in [-0.2, 0) is 20.9 Å². The van der Waals surface area contributed by atoms with Gasteiger partial charge >= 0.3 is 0 Å². The third-order valence-corrected chi connectivity index (χ3v) is 4.30. The molecule has 2 aromatic rings. The highest BCUT2D eigenvalue weighted by Gasteiger charge is 2.19. The summed E-state index contributed by atoms with van der Waals surface area (Å²) in [6.07, 6.45) is -2.85. The molecule has 0 bridgehead atoms.